The van der Waals surface area contributed by atoms with Crippen LogP contribution in [-0.4, -0.2) is 24.0 Å². The van der Waals surface area contributed by atoms with E-state index in [0.29, 0.717) is 0 Å². The van der Waals surface area contributed by atoms with Crippen molar-refractivity contribution in [3.8, 4) is 11.6 Å². The molecule has 1 N–H and O–H groups in total. The quantitative estimate of drug-likeness (QED) is 0.804. The van der Waals surface area contributed by atoms with Crippen molar-refractivity contribution in [3.63, 3.8) is 0 Å². The van der Waals surface area contributed by atoms with E-state index in [2.05, 4.69) is 19.4 Å². The maximum atomic E-state index is 11.6. The van der Waals surface area contributed by atoms with Gasteiger partial charge >= 0.3 is 0 Å². The molecular weight excluding hydrogens is 196 g/mol. The highest BCUT2D eigenvalue weighted by Gasteiger charge is 2.09. The molecule has 2 aromatic rings. The average Bonchev–Trinajstić information content (AvgIpc) is 2.27. The van der Waals surface area contributed by atoms with Gasteiger partial charge in [-0.25, -0.2) is 4.98 Å². The van der Waals surface area contributed by atoms with E-state index in [4.69, 9.17) is 8.22 Å². The Morgan fingerprint density at radius 3 is 3.13 bits per heavy atom. The second-order valence-corrected chi connectivity index (χ2v) is 2.74. The maximum Gasteiger partial charge on any atom is 0.274 e. The first-order chi connectivity index (χ1) is 9.55. The van der Waals surface area contributed by atoms with E-state index in [1.807, 2.05) is 0 Å². The molecule has 0 aromatic carbocycles. The Morgan fingerprint density at radius 1 is 1.47 bits per heavy atom. The van der Waals surface area contributed by atoms with E-state index in [9.17, 15) is 4.79 Å². The van der Waals surface area contributed by atoms with Crippen LogP contribution in [0.25, 0.3) is 10.9 Å². The van der Waals surface area contributed by atoms with Crippen LogP contribution in [0.1, 0.15) is 8.22 Å². The van der Waals surface area contributed by atoms with Crippen molar-refractivity contribution in [1.82, 2.24) is 9.97 Å². The van der Waals surface area contributed by atoms with Gasteiger partial charge in [-0.15, -0.1) is 0 Å². The molecule has 15 heavy (non-hydrogen) atoms. The lowest BCUT2D eigenvalue weighted by atomic mass is 10.2. The Balaban J connectivity index is 2.62. The highest BCUT2D eigenvalue weighted by molar-refractivity contribution is 5.79. The molecule has 78 valence electrons. The Hall–Kier alpha value is -2.04. The number of H-pyrrole nitrogens is 1. The number of ether oxygens (including phenoxy) is 2. The summed E-state index contributed by atoms with van der Waals surface area (Å²) in [6.07, 6.45) is 1.34. The number of fused-ring (bicyclic) bond motifs is 1. The summed E-state index contributed by atoms with van der Waals surface area (Å²) >= 11 is 0. The lowest BCUT2D eigenvalue weighted by molar-refractivity contribution is 0.344. The fourth-order valence-corrected chi connectivity index (χ4v) is 1.22. The van der Waals surface area contributed by atoms with Crippen LogP contribution in [0.2, 0.25) is 0 Å². The molecule has 0 saturated carbocycles. The molecule has 0 saturated heterocycles. The van der Waals surface area contributed by atoms with Gasteiger partial charge in [0, 0.05) is 11.6 Å². The molecule has 0 spiro atoms. The van der Waals surface area contributed by atoms with E-state index in [0.717, 1.165) is 0 Å². The highest BCUT2D eigenvalue weighted by Crippen LogP contribution is 2.26. The number of nitrogens with zero attached hydrogens (tertiary/aromatic N) is 1. The maximum absolute atomic E-state index is 11.6. The van der Waals surface area contributed by atoms with Crippen molar-refractivity contribution in [2.45, 2.75) is 0 Å². The summed E-state index contributed by atoms with van der Waals surface area (Å²) in [6.45, 7) is 0. The van der Waals surface area contributed by atoms with Crippen LogP contribution in [0.4, 0.5) is 0 Å². The Bertz CT molecular complexity index is 721. The zero-order chi connectivity index (χ0) is 15.8. The number of aromatic amines is 1. The van der Waals surface area contributed by atoms with Gasteiger partial charge in [0.15, 0.2) is 5.75 Å². The van der Waals surface area contributed by atoms with Crippen molar-refractivity contribution >= 4 is 10.9 Å². The summed E-state index contributed by atoms with van der Waals surface area (Å²) in [7, 11) is -5.68. The first-order valence-corrected chi connectivity index (χ1v) is 3.96. The zero-order valence-electron chi connectivity index (χ0n) is 13.4. The van der Waals surface area contributed by atoms with Crippen LogP contribution in [0.15, 0.2) is 23.1 Å². The molecule has 5 heteroatoms. The molecule has 2 rings (SSSR count). The Morgan fingerprint density at radius 2 is 2.33 bits per heavy atom. The van der Waals surface area contributed by atoms with Gasteiger partial charge in [0.2, 0.25) is 0 Å². The lowest BCUT2D eigenvalue weighted by Gasteiger charge is -2.06. The van der Waals surface area contributed by atoms with Crippen molar-refractivity contribution in [3.05, 3.63) is 28.7 Å². The molecule has 0 unspecified atom stereocenters. The lowest BCUT2D eigenvalue weighted by Crippen LogP contribution is -2.07. The summed E-state index contributed by atoms with van der Waals surface area (Å²) in [5.74, 6) is -0.973. The smallest absolute Gasteiger partial charge is 0.274 e. The number of rotatable bonds is 2. The predicted molar refractivity (Wildman–Crippen MR) is 55.5 cm³/mol. The van der Waals surface area contributed by atoms with Crippen molar-refractivity contribution in [2.75, 3.05) is 14.1 Å². The first-order valence-electron chi connectivity index (χ1n) is 6.96. The summed E-state index contributed by atoms with van der Waals surface area (Å²) < 4.78 is 51.6. The monoisotopic (exact) mass is 212 g/mol. The van der Waals surface area contributed by atoms with Gasteiger partial charge in [0.05, 0.1) is 22.3 Å². The Labute approximate surface area is 94.1 Å². The van der Waals surface area contributed by atoms with E-state index < -0.39 is 25.5 Å². The van der Waals surface area contributed by atoms with Gasteiger partial charge < -0.3 is 14.5 Å². The molecule has 0 aliphatic rings. The summed E-state index contributed by atoms with van der Waals surface area (Å²) in [4.78, 5) is 17.7. The Kier molecular flexibility index (Phi) is 1.12. The highest BCUT2D eigenvalue weighted by atomic mass is 16.5. The standard InChI is InChI=1S/C10H10N2O3/c1-14-7-5-6-3-4-11-9(13)8(6)12-10(7)15-2/h3-5H,1-2H3,(H,11,13)/i1D3,2D3. The number of aromatic nitrogens is 2. The van der Waals surface area contributed by atoms with Crippen LogP contribution < -0.4 is 15.0 Å². The topological polar surface area (TPSA) is 64.2 Å². The van der Waals surface area contributed by atoms with Crippen molar-refractivity contribution in [2.24, 2.45) is 0 Å². The van der Waals surface area contributed by atoms with E-state index in [1.54, 1.807) is 0 Å². The van der Waals surface area contributed by atoms with Crippen molar-refractivity contribution in [1.29, 1.82) is 0 Å². The van der Waals surface area contributed by atoms with Crippen LogP contribution in [0.5, 0.6) is 11.6 Å². The van der Waals surface area contributed by atoms with Gasteiger partial charge in [-0.05, 0) is 12.1 Å². The number of hydrogen-bond acceptors (Lipinski definition) is 4. The average molecular weight is 212 g/mol. The second kappa shape index (κ2) is 3.61. The fraction of sp³-hybridized carbons (Fsp3) is 0.200. The summed E-state index contributed by atoms with van der Waals surface area (Å²) in [5, 5.41) is 0.288. The van der Waals surface area contributed by atoms with Crippen LogP contribution in [0, 0.1) is 0 Å². The van der Waals surface area contributed by atoms with Gasteiger partial charge in [-0.1, -0.05) is 0 Å². The number of pyridine rings is 2. The van der Waals surface area contributed by atoms with Crippen LogP contribution in [0.3, 0.4) is 0 Å². The third-order valence-corrected chi connectivity index (χ3v) is 1.88. The molecular formula is C10H10N2O3. The SMILES string of the molecule is [2H]C([2H])([2H])Oc1cc2cc[nH]c(=O)c2nc1OC([2H])([2H])[2H]. The van der Waals surface area contributed by atoms with Gasteiger partial charge in [0.1, 0.15) is 5.52 Å². The molecule has 5 nitrogen and oxygen atoms in total. The molecule has 2 heterocycles. The van der Waals surface area contributed by atoms with Crippen LogP contribution >= 0.6 is 0 Å². The van der Waals surface area contributed by atoms with Crippen LogP contribution in [-0.2, 0) is 0 Å². The van der Waals surface area contributed by atoms with E-state index >= 15 is 0 Å². The zero-order valence-corrected chi connectivity index (χ0v) is 7.40. The summed E-state index contributed by atoms with van der Waals surface area (Å²) in [5.41, 5.74) is -0.655. The molecule has 0 radical (unpaired) electrons. The third-order valence-electron chi connectivity index (χ3n) is 1.88. The first kappa shape index (κ1) is 4.65. The molecule has 0 amide bonds. The molecule has 2 aromatic heterocycles. The van der Waals surface area contributed by atoms with Gasteiger partial charge in [0.25, 0.3) is 11.4 Å². The minimum Gasteiger partial charge on any atom is -0.491 e. The molecule has 0 fully saturated rings. The minimum absolute atomic E-state index is 0.0883. The third kappa shape index (κ3) is 1.52. The molecule has 0 atom stereocenters. The van der Waals surface area contributed by atoms with E-state index in [1.165, 1.54) is 18.3 Å². The molecule has 0 aliphatic carbocycles. The fourth-order valence-electron chi connectivity index (χ4n) is 1.22. The largest absolute Gasteiger partial charge is 0.491 e. The van der Waals surface area contributed by atoms with Gasteiger partial charge in [-0.2, -0.15) is 0 Å². The predicted octanol–water partition coefficient (Wildman–Crippen LogP) is 0.940. The minimum atomic E-state index is -2.87. The second-order valence-electron chi connectivity index (χ2n) is 2.74. The number of hydrogen-bond donors (Lipinski definition) is 1. The normalized spacial score (nSPS) is 17.9. The molecule has 0 aliphatic heterocycles. The van der Waals surface area contributed by atoms with E-state index in [-0.39, 0.29) is 16.7 Å². The molecule has 0 bridgehead atoms. The number of methoxy groups -OCH3 is 2. The van der Waals surface area contributed by atoms with Crippen molar-refractivity contribution < 1.29 is 17.7 Å². The van der Waals surface area contributed by atoms with Gasteiger partial charge in [-0.3, -0.25) is 4.79 Å². The number of nitrogens with one attached hydrogen (secondary N) is 1. The summed E-state index contributed by atoms with van der Waals surface area (Å²) in [6, 6.07) is 2.65.